The topological polar surface area (TPSA) is 99.3 Å². The Labute approximate surface area is 116 Å². The number of anilines is 1. The number of aromatic carboxylic acids is 1. The number of aryl methyl sites for hydroxylation is 2. The third kappa shape index (κ3) is 2.67. The van der Waals surface area contributed by atoms with Crippen molar-refractivity contribution < 1.29 is 18.3 Å². The smallest absolute Gasteiger partial charge is 0.339 e. The molecule has 7 heteroatoms. The summed E-state index contributed by atoms with van der Waals surface area (Å²) < 4.78 is 26.7. The number of H-pyrrole nitrogens is 1. The van der Waals surface area contributed by atoms with Crippen LogP contribution in [0.1, 0.15) is 21.6 Å². The van der Waals surface area contributed by atoms with Gasteiger partial charge in [0, 0.05) is 11.9 Å². The first kappa shape index (κ1) is 14.1. The lowest BCUT2D eigenvalue weighted by molar-refractivity contribution is 0.0697. The van der Waals surface area contributed by atoms with E-state index in [9.17, 15) is 13.2 Å². The van der Waals surface area contributed by atoms with Gasteiger partial charge in [0.2, 0.25) is 0 Å². The quantitative estimate of drug-likeness (QED) is 0.804. The molecule has 2 aromatic rings. The highest BCUT2D eigenvalue weighted by Crippen LogP contribution is 2.23. The van der Waals surface area contributed by atoms with Crippen molar-refractivity contribution >= 4 is 21.7 Å². The number of sulfonamides is 1. The highest BCUT2D eigenvalue weighted by Gasteiger charge is 2.21. The molecule has 0 saturated heterocycles. The van der Waals surface area contributed by atoms with E-state index in [4.69, 9.17) is 5.11 Å². The number of nitrogens with one attached hydrogen (secondary N) is 2. The monoisotopic (exact) mass is 294 g/mol. The number of hydrogen-bond acceptors (Lipinski definition) is 3. The number of aromatic amines is 1. The second-order valence-electron chi connectivity index (χ2n) is 4.43. The molecule has 0 amide bonds. The van der Waals surface area contributed by atoms with E-state index in [1.54, 1.807) is 26.0 Å². The van der Waals surface area contributed by atoms with E-state index in [0.29, 0.717) is 5.69 Å². The fourth-order valence-corrected chi connectivity index (χ4v) is 3.04. The molecule has 0 bridgehead atoms. The molecule has 106 valence electrons. The van der Waals surface area contributed by atoms with Crippen LogP contribution in [0.5, 0.6) is 0 Å². The number of aromatic nitrogens is 1. The standard InChI is InChI=1S/C13H14N2O4S/c1-8-4-3-5-10(6-8)20(18,19)15-11-7-14-9(2)12(11)13(16)17/h3-7,14-15H,1-2H3,(H,16,17). The molecule has 0 saturated carbocycles. The number of hydrogen-bond donors (Lipinski definition) is 3. The molecule has 6 nitrogen and oxygen atoms in total. The van der Waals surface area contributed by atoms with Crippen LogP contribution >= 0.6 is 0 Å². The summed E-state index contributed by atoms with van der Waals surface area (Å²) >= 11 is 0. The lowest BCUT2D eigenvalue weighted by atomic mass is 10.2. The largest absolute Gasteiger partial charge is 0.478 e. The number of benzene rings is 1. The molecular weight excluding hydrogens is 280 g/mol. The maximum Gasteiger partial charge on any atom is 0.339 e. The van der Waals surface area contributed by atoms with Crippen molar-refractivity contribution in [1.82, 2.24) is 4.98 Å². The molecule has 0 spiro atoms. The lowest BCUT2D eigenvalue weighted by Crippen LogP contribution is -2.15. The summed E-state index contributed by atoms with van der Waals surface area (Å²) in [5, 5.41) is 9.09. The third-order valence-electron chi connectivity index (χ3n) is 2.84. The van der Waals surface area contributed by atoms with Crippen LogP contribution in [0, 0.1) is 13.8 Å². The molecule has 0 aliphatic heterocycles. The van der Waals surface area contributed by atoms with E-state index in [1.165, 1.54) is 18.3 Å². The summed E-state index contributed by atoms with van der Waals surface area (Å²) in [6, 6.07) is 6.38. The van der Waals surface area contributed by atoms with Gasteiger partial charge in [-0.2, -0.15) is 0 Å². The van der Waals surface area contributed by atoms with Crippen LogP contribution in [-0.4, -0.2) is 24.5 Å². The van der Waals surface area contributed by atoms with Crippen LogP contribution in [0.25, 0.3) is 0 Å². The van der Waals surface area contributed by atoms with E-state index < -0.39 is 16.0 Å². The highest BCUT2D eigenvalue weighted by molar-refractivity contribution is 7.92. The molecule has 2 rings (SSSR count). The first-order valence-electron chi connectivity index (χ1n) is 5.82. The number of carboxylic acid groups (broad SMARTS) is 1. The Hall–Kier alpha value is -2.28. The summed E-state index contributed by atoms with van der Waals surface area (Å²) in [7, 11) is -3.81. The Balaban J connectivity index is 2.41. The van der Waals surface area contributed by atoms with Gasteiger partial charge in [-0.15, -0.1) is 0 Å². The molecule has 0 atom stereocenters. The van der Waals surface area contributed by atoms with Gasteiger partial charge in [0.25, 0.3) is 10.0 Å². The van der Waals surface area contributed by atoms with Crippen molar-refractivity contribution in [3.8, 4) is 0 Å². The van der Waals surface area contributed by atoms with Gasteiger partial charge >= 0.3 is 5.97 Å². The van der Waals surface area contributed by atoms with Crippen LogP contribution < -0.4 is 4.72 Å². The van der Waals surface area contributed by atoms with Crippen LogP contribution in [-0.2, 0) is 10.0 Å². The van der Waals surface area contributed by atoms with Crippen molar-refractivity contribution in [2.75, 3.05) is 4.72 Å². The van der Waals surface area contributed by atoms with E-state index in [-0.39, 0.29) is 16.1 Å². The zero-order valence-electron chi connectivity index (χ0n) is 11.0. The van der Waals surface area contributed by atoms with Crippen LogP contribution in [0.15, 0.2) is 35.4 Å². The van der Waals surface area contributed by atoms with Crippen LogP contribution in [0.3, 0.4) is 0 Å². The predicted molar refractivity (Wildman–Crippen MR) is 74.5 cm³/mol. The van der Waals surface area contributed by atoms with Gasteiger partial charge in [0.1, 0.15) is 5.56 Å². The van der Waals surface area contributed by atoms with Crippen LogP contribution in [0.4, 0.5) is 5.69 Å². The van der Waals surface area contributed by atoms with E-state index in [2.05, 4.69) is 9.71 Å². The van der Waals surface area contributed by atoms with E-state index >= 15 is 0 Å². The second kappa shape index (κ2) is 5.01. The summed E-state index contributed by atoms with van der Waals surface area (Å²) in [6.07, 6.45) is 1.33. The summed E-state index contributed by atoms with van der Waals surface area (Å²) in [5.41, 5.74) is 1.13. The normalized spacial score (nSPS) is 11.3. The minimum atomic E-state index is -3.81. The van der Waals surface area contributed by atoms with Crippen molar-refractivity contribution in [3.63, 3.8) is 0 Å². The SMILES string of the molecule is Cc1cccc(S(=O)(=O)Nc2c[nH]c(C)c2C(=O)O)c1. The van der Waals surface area contributed by atoms with E-state index in [1.807, 2.05) is 0 Å². The zero-order valence-corrected chi connectivity index (χ0v) is 11.8. The lowest BCUT2D eigenvalue weighted by Gasteiger charge is -2.08. The average Bonchev–Trinajstić information content (AvgIpc) is 2.69. The third-order valence-corrected chi connectivity index (χ3v) is 4.20. The summed E-state index contributed by atoms with van der Waals surface area (Å²) in [6.45, 7) is 3.34. The molecule has 0 unspecified atom stereocenters. The van der Waals surface area contributed by atoms with Gasteiger partial charge in [-0.05, 0) is 31.5 Å². The van der Waals surface area contributed by atoms with Gasteiger partial charge in [-0.1, -0.05) is 12.1 Å². The molecule has 1 aromatic carbocycles. The van der Waals surface area contributed by atoms with Crippen LogP contribution in [0.2, 0.25) is 0 Å². The van der Waals surface area contributed by atoms with Crippen molar-refractivity contribution in [1.29, 1.82) is 0 Å². The molecule has 0 fully saturated rings. The molecule has 20 heavy (non-hydrogen) atoms. The molecule has 1 aromatic heterocycles. The number of carbonyl (C=O) groups is 1. The summed E-state index contributed by atoms with van der Waals surface area (Å²) in [5.74, 6) is -1.19. The van der Waals surface area contributed by atoms with E-state index in [0.717, 1.165) is 5.56 Å². The Bertz CT molecular complexity index is 762. The predicted octanol–water partition coefficient (Wildman–Crippen LogP) is 2.13. The van der Waals surface area contributed by atoms with Crippen molar-refractivity contribution in [3.05, 3.63) is 47.3 Å². The number of carboxylic acids is 1. The van der Waals surface area contributed by atoms with Crippen molar-refractivity contribution in [2.45, 2.75) is 18.7 Å². The fraction of sp³-hybridized carbons (Fsp3) is 0.154. The average molecular weight is 294 g/mol. The highest BCUT2D eigenvalue weighted by atomic mass is 32.2. The molecule has 0 aliphatic carbocycles. The molecular formula is C13H14N2O4S. The van der Waals surface area contributed by atoms with Crippen molar-refractivity contribution in [2.24, 2.45) is 0 Å². The maximum absolute atomic E-state index is 12.2. The first-order chi connectivity index (χ1) is 9.31. The molecule has 3 N–H and O–H groups in total. The Kier molecular flexibility index (Phi) is 3.54. The molecule has 0 radical (unpaired) electrons. The van der Waals surface area contributed by atoms with Gasteiger partial charge in [0.05, 0.1) is 10.6 Å². The minimum absolute atomic E-state index is 0.0245. The van der Waals surface area contributed by atoms with Gasteiger partial charge in [-0.3, -0.25) is 4.72 Å². The Morgan fingerprint density at radius 2 is 2.00 bits per heavy atom. The zero-order chi connectivity index (χ0) is 14.9. The maximum atomic E-state index is 12.2. The van der Waals surface area contributed by atoms with Gasteiger partial charge in [-0.25, -0.2) is 13.2 Å². The molecule has 1 heterocycles. The fourth-order valence-electron chi connectivity index (χ4n) is 1.87. The number of rotatable bonds is 4. The first-order valence-corrected chi connectivity index (χ1v) is 7.30. The van der Waals surface area contributed by atoms with Gasteiger partial charge in [0.15, 0.2) is 0 Å². The summed E-state index contributed by atoms with van der Waals surface area (Å²) in [4.78, 5) is 13.9. The Morgan fingerprint density at radius 3 is 2.60 bits per heavy atom. The van der Waals surface area contributed by atoms with Gasteiger partial charge < -0.3 is 10.1 Å². The minimum Gasteiger partial charge on any atom is -0.478 e. The molecule has 0 aliphatic rings. The second-order valence-corrected chi connectivity index (χ2v) is 6.11. The Morgan fingerprint density at radius 1 is 1.30 bits per heavy atom.